The molecule has 0 aliphatic heterocycles. The van der Waals surface area contributed by atoms with Crippen molar-refractivity contribution in [2.24, 2.45) is 92.7 Å². The summed E-state index contributed by atoms with van der Waals surface area (Å²) in [4.78, 5) is 27.9. The minimum atomic E-state index is -5.80. The number of rotatable bonds is 16. The SMILES string of the molecule is Cc1sc(C(=O)O[C@H]2CC[C@@]3(C)C(=CC[C@H]4[C@@H]5CC[C@H]([C@H](C)CCCC(C)C)[C@@]5(C)CC[C@@H]43)C2)cc1C1=C(c2cc(C(=O)O[C@H]3CC[C@@]4(C)C(=CC[C@H]5[C@@H]6CC[C@H]([C@H](C)CCCC(C)C)[C@@]6(C)CC[C@@H]54)C3)sc2C)C(F)(F)C(F)(F)C1(F)F. The molecular weight excluding hydrogens is 1090 g/mol. The molecule has 0 unspecified atom stereocenters. The quantitative estimate of drug-likeness (QED) is 0.0955. The molecule has 6 saturated carbocycles. The Balaban J connectivity index is 0.765. The Morgan fingerprint density at radius 2 is 0.916 bits per heavy atom. The van der Waals surface area contributed by atoms with Crippen LogP contribution >= 0.6 is 22.7 Å². The van der Waals surface area contributed by atoms with E-state index in [0.29, 0.717) is 72.0 Å². The van der Waals surface area contributed by atoms with Crippen LogP contribution in [-0.2, 0) is 9.47 Å². The molecule has 12 heteroatoms. The van der Waals surface area contributed by atoms with Crippen molar-refractivity contribution in [2.45, 2.75) is 254 Å². The number of carbonyl (C=O) groups excluding carboxylic acids is 2. The zero-order chi connectivity index (χ0) is 59.7. The number of alkyl halides is 6. The monoisotopic (exact) mass is 1190 g/mol. The van der Waals surface area contributed by atoms with Crippen LogP contribution in [0.4, 0.5) is 26.3 Å². The second-order valence-electron chi connectivity index (χ2n) is 30.8. The highest BCUT2D eigenvalue weighted by Crippen LogP contribution is 2.71. The average Bonchev–Trinajstić information content (AvgIpc) is 2.13. The fourth-order valence-corrected chi connectivity index (χ4v) is 22.8. The normalized spacial score (nSPS) is 38.3. The van der Waals surface area contributed by atoms with Crippen molar-refractivity contribution < 1.29 is 45.4 Å². The fourth-order valence-electron chi connectivity index (χ4n) is 21.0. The van der Waals surface area contributed by atoms with E-state index in [1.165, 1.54) is 115 Å². The number of hydrogen-bond acceptors (Lipinski definition) is 6. The maximum absolute atomic E-state index is 16.4. The molecule has 2 aromatic heterocycles. The summed E-state index contributed by atoms with van der Waals surface area (Å²) in [5, 5.41) is 0. The van der Waals surface area contributed by atoms with Crippen LogP contribution in [0.25, 0.3) is 11.1 Å². The molecular formula is C71H98F6O4S2. The third kappa shape index (κ3) is 10.2. The molecule has 0 amide bonds. The van der Waals surface area contributed by atoms with Gasteiger partial charge in [-0.05, 0) is 220 Å². The van der Waals surface area contributed by atoms with Gasteiger partial charge >= 0.3 is 29.7 Å². The third-order valence-corrected chi connectivity index (χ3v) is 27.6. The highest BCUT2D eigenvalue weighted by molar-refractivity contribution is 7.14. The van der Waals surface area contributed by atoms with E-state index in [9.17, 15) is 9.59 Å². The van der Waals surface area contributed by atoms with E-state index in [1.54, 1.807) is 0 Å². The first-order chi connectivity index (χ1) is 39.0. The van der Waals surface area contributed by atoms with Crippen LogP contribution in [0.3, 0.4) is 0 Å². The van der Waals surface area contributed by atoms with Gasteiger partial charge in [0, 0.05) is 33.7 Å². The molecule has 4 nitrogen and oxygen atoms in total. The summed E-state index contributed by atoms with van der Waals surface area (Å²) in [6.07, 6.45) is 27.9. The van der Waals surface area contributed by atoms with Crippen molar-refractivity contribution in [3.05, 3.63) is 66.1 Å². The maximum atomic E-state index is 16.4. The molecule has 0 N–H and O–H groups in total. The van der Waals surface area contributed by atoms with E-state index in [4.69, 9.17) is 9.47 Å². The minimum Gasteiger partial charge on any atom is -0.458 e. The second-order valence-corrected chi connectivity index (χ2v) is 33.3. The average molecular weight is 1190 g/mol. The smallest absolute Gasteiger partial charge is 0.380 e. The zero-order valence-corrected chi connectivity index (χ0v) is 53.8. The molecule has 11 rings (SSSR count). The molecule has 0 saturated heterocycles. The lowest BCUT2D eigenvalue weighted by Crippen LogP contribution is -2.51. The summed E-state index contributed by atoms with van der Waals surface area (Å²) in [6.45, 7) is 27.0. The summed E-state index contributed by atoms with van der Waals surface area (Å²) < 4.78 is 109. The van der Waals surface area contributed by atoms with Crippen LogP contribution in [0.15, 0.2) is 35.4 Å². The van der Waals surface area contributed by atoms with E-state index in [0.717, 1.165) is 96.0 Å². The van der Waals surface area contributed by atoms with E-state index < -0.39 is 64.2 Å². The van der Waals surface area contributed by atoms with Gasteiger partial charge in [-0.25, -0.2) is 9.59 Å². The molecule has 6 fully saturated rings. The van der Waals surface area contributed by atoms with Gasteiger partial charge < -0.3 is 9.47 Å². The first-order valence-electron chi connectivity index (χ1n) is 32.9. The third-order valence-electron chi connectivity index (χ3n) is 25.5. The van der Waals surface area contributed by atoms with Crippen molar-refractivity contribution in [1.82, 2.24) is 0 Å². The number of allylic oxidation sites excluding steroid dienone is 4. The van der Waals surface area contributed by atoms with Crippen LogP contribution in [-0.4, -0.2) is 41.9 Å². The minimum absolute atomic E-state index is 0.00947. The van der Waals surface area contributed by atoms with Crippen molar-refractivity contribution in [3.63, 3.8) is 0 Å². The Hall–Kier alpha value is -2.86. The number of hydrogen-bond donors (Lipinski definition) is 0. The predicted molar refractivity (Wildman–Crippen MR) is 324 cm³/mol. The Bertz CT molecular complexity index is 2700. The highest BCUT2D eigenvalue weighted by atomic mass is 32.1. The van der Waals surface area contributed by atoms with Gasteiger partial charge in [0.2, 0.25) is 0 Å². The molecule has 460 valence electrons. The number of ether oxygens (including phenoxy) is 2. The number of esters is 2. The van der Waals surface area contributed by atoms with Gasteiger partial charge in [0.25, 0.3) is 0 Å². The first kappa shape index (κ1) is 61.8. The molecule has 9 aliphatic carbocycles. The van der Waals surface area contributed by atoms with E-state index >= 15 is 26.3 Å². The second kappa shape index (κ2) is 22.3. The molecule has 16 atom stereocenters. The summed E-state index contributed by atoms with van der Waals surface area (Å²) in [5.74, 6) is -9.82. The molecule has 2 heterocycles. The van der Waals surface area contributed by atoms with Crippen molar-refractivity contribution in [2.75, 3.05) is 0 Å². The van der Waals surface area contributed by atoms with Crippen molar-refractivity contribution in [1.29, 1.82) is 0 Å². The summed E-state index contributed by atoms with van der Waals surface area (Å²) >= 11 is 1.56. The topological polar surface area (TPSA) is 52.6 Å². The molecule has 0 spiro atoms. The van der Waals surface area contributed by atoms with Gasteiger partial charge in [-0.1, -0.05) is 131 Å². The number of aryl methyl sites for hydroxylation is 2. The number of carbonyl (C=O) groups is 2. The Kier molecular flexibility index (Phi) is 16.6. The largest absolute Gasteiger partial charge is 0.458 e. The van der Waals surface area contributed by atoms with Crippen LogP contribution in [0.2, 0.25) is 0 Å². The zero-order valence-electron chi connectivity index (χ0n) is 52.2. The standard InChI is InChI=1S/C71H98F6O4S2/c1-39(2)15-13-17-41(5)53-23-25-55-49-21-19-45-35-47(27-31-65(45,9)57(49)29-33-67(53,55)11)80-63(78)59-37-51(43(7)82-59)61-62(70(74,75)71(76,77)69(61,72)73)52-38-60(83-44(52)8)64(79)81-48-28-32-66(10)46(36-48)20-22-50-56-26-24-54(42(6)18-14-16-40(3)4)68(56,12)34-30-58(50)66/h19-20,37-42,47-50,53-58H,13-18,21-36H2,1-12H3/t41-,42-,47+,48+,49+,50+,53-,54-,55+,56+,57+,58+,65+,66+,67-,68-/m1/s1. The molecule has 0 radical (unpaired) electrons. The van der Waals surface area contributed by atoms with E-state index in [1.807, 2.05) is 0 Å². The van der Waals surface area contributed by atoms with Crippen molar-refractivity contribution in [3.8, 4) is 0 Å². The lowest BCUT2D eigenvalue weighted by atomic mass is 9.47. The van der Waals surface area contributed by atoms with Crippen LogP contribution in [0.1, 0.15) is 251 Å². The van der Waals surface area contributed by atoms with Gasteiger partial charge in [0.15, 0.2) is 0 Å². The summed E-state index contributed by atoms with van der Waals surface area (Å²) in [7, 11) is 0. The van der Waals surface area contributed by atoms with Crippen LogP contribution in [0.5, 0.6) is 0 Å². The first-order valence-corrected chi connectivity index (χ1v) is 34.5. The van der Waals surface area contributed by atoms with Gasteiger partial charge in [-0.3, -0.25) is 0 Å². The lowest BCUT2D eigenvalue weighted by molar-refractivity contribution is -0.254. The molecule has 0 bridgehead atoms. The fraction of sp³-hybridized carbons (Fsp3) is 0.775. The molecule has 83 heavy (non-hydrogen) atoms. The summed E-state index contributed by atoms with van der Waals surface area (Å²) in [5.41, 5.74) is -0.851. The highest BCUT2D eigenvalue weighted by Gasteiger charge is 2.80. The number of thiophene rings is 2. The van der Waals surface area contributed by atoms with Crippen molar-refractivity contribution >= 4 is 45.8 Å². The summed E-state index contributed by atoms with van der Waals surface area (Å²) in [6, 6.07) is 2.06. The lowest BCUT2D eigenvalue weighted by Gasteiger charge is -2.58. The van der Waals surface area contributed by atoms with E-state index in [-0.39, 0.29) is 30.3 Å². The molecule has 2 aromatic rings. The van der Waals surface area contributed by atoms with Gasteiger partial charge in [-0.15, -0.1) is 22.7 Å². The number of halogens is 6. The van der Waals surface area contributed by atoms with E-state index in [2.05, 4.69) is 81.4 Å². The molecule has 0 aromatic carbocycles. The van der Waals surface area contributed by atoms with Gasteiger partial charge in [0.05, 0.1) is 0 Å². The Morgan fingerprint density at radius 1 is 0.530 bits per heavy atom. The van der Waals surface area contributed by atoms with Crippen LogP contribution in [0, 0.1) is 107 Å². The Morgan fingerprint density at radius 3 is 1.29 bits per heavy atom. The number of fused-ring (bicyclic) bond motifs is 10. The van der Waals surface area contributed by atoms with Gasteiger partial charge in [0.1, 0.15) is 22.0 Å². The maximum Gasteiger partial charge on any atom is 0.380 e. The van der Waals surface area contributed by atoms with Gasteiger partial charge in [-0.2, -0.15) is 26.3 Å². The predicted octanol–water partition coefficient (Wildman–Crippen LogP) is 21.4. The molecule has 9 aliphatic rings. The van der Waals surface area contributed by atoms with Crippen LogP contribution < -0.4 is 0 Å². The Labute approximate surface area is 501 Å².